The molecule has 6 heteroatoms. The van der Waals surface area contributed by atoms with Crippen LogP contribution < -0.4 is 0 Å². The van der Waals surface area contributed by atoms with Crippen molar-refractivity contribution in [3.8, 4) is 0 Å². The second-order valence-corrected chi connectivity index (χ2v) is 6.59. The number of carbonyl (C=O) groups excluding carboxylic acids is 1. The highest BCUT2D eigenvalue weighted by Gasteiger charge is 2.47. The molecule has 0 bridgehead atoms. The lowest BCUT2D eigenvalue weighted by atomic mass is 9.89. The van der Waals surface area contributed by atoms with E-state index in [1.807, 2.05) is 23.1 Å². The van der Waals surface area contributed by atoms with Gasteiger partial charge in [-0.15, -0.1) is 0 Å². The monoisotopic (exact) mass is 334 g/mol. The van der Waals surface area contributed by atoms with Crippen LogP contribution in [-0.4, -0.2) is 61.4 Å². The zero-order valence-electron chi connectivity index (χ0n) is 14.3. The van der Waals surface area contributed by atoms with E-state index in [4.69, 9.17) is 14.2 Å². The summed E-state index contributed by atoms with van der Waals surface area (Å²) in [6.45, 7) is 3.17. The number of pyridine rings is 1. The third-order valence-corrected chi connectivity index (χ3v) is 5.02. The van der Waals surface area contributed by atoms with E-state index in [-0.39, 0.29) is 18.1 Å². The van der Waals surface area contributed by atoms with E-state index in [9.17, 15) is 4.79 Å². The van der Waals surface area contributed by atoms with Gasteiger partial charge in [0.25, 0.3) is 0 Å². The van der Waals surface area contributed by atoms with Crippen molar-refractivity contribution in [3.63, 3.8) is 0 Å². The zero-order valence-corrected chi connectivity index (χ0v) is 14.3. The fourth-order valence-electron chi connectivity index (χ4n) is 3.77. The van der Waals surface area contributed by atoms with E-state index in [0.29, 0.717) is 38.8 Å². The minimum absolute atomic E-state index is 0.0419. The normalized spacial score (nSPS) is 26.9. The summed E-state index contributed by atoms with van der Waals surface area (Å²) >= 11 is 0. The van der Waals surface area contributed by atoms with E-state index in [2.05, 4.69) is 4.98 Å². The molecule has 0 radical (unpaired) electrons. The van der Waals surface area contributed by atoms with Gasteiger partial charge in [0, 0.05) is 25.8 Å². The van der Waals surface area contributed by atoms with Crippen LogP contribution in [0.5, 0.6) is 0 Å². The number of hydrogen-bond donors (Lipinski definition) is 0. The molecule has 1 aliphatic heterocycles. The van der Waals surface area contributed by atoms with E-state index in [1.165, 1.54) is 0 Å². The van der Waals surface area contributed by atoms with E-state index >= 15 is 0 Å². The van der Waals surface area contributed by atoms with Crippen molar-refractivity contribution >= 4 is 5.91 Å². The molecule has 0 unspecified atom stereocenters. The quantitative estimate of drug-likeness (QED) is 0.791. The summed E-state index contributed by atoms with van der Waals surface area (Å²) in [5.41, 5.74) is 0.678. The molecule has 1 aromatic rings. The van der Waals surface area contributed by atoms with Gasteiger partial charge in [-0.1, -0.05) is 12.5 Å². The second kappa shape index (κ2) is 8.05. The predicted octanol–water partition coefficient (Wildman–Crippen LogP) is 1.64. The fourth-order valence-corrected chi connectivity index (χ4v) is 3.77. The summed E-state index contributed by atoms with van der Waals surface area (Å²) in [5.74, 6) is 0.361. The molecule has 24 heavy (non-hydrogen) atoms. The maximum atomic E-state index is 12.1. The van der Waals surface area contributed by atoms with Gasteiger partial charge in [-0.25, -0.2) is 0 Å². The maximum Gasteiger partial charge on any atom is 0.248 e. The van der Waals surface area contributed by atoms with Crippen molar-refractivity contribution in [2.75, 3.05) is 40.0 Å². The number of morpholine rings is 1. The van der Waals surface area contributed by atoms with Gasteiger partial charge in [-0.2, -0.15) is 0 Å². The minimum Gasteiger partial charge on any atom is -0.375 e. The van der Waals surface area contributed by atoms with E-state index in [0.717, 1.165) is 25.0 Å². The first-order chi connectivity index (χ1) is 11.7. The van der Waals surface area contributed by atoms with Crippen LogP contribution in [0.3, 0.4) is 0 Å². The van der Waals surface area contributed by atoms with Gasteiger partial charge < -0.3 is 19.1 Å². The molecule has 6 nitrogen and oxygen atoms in total. The first kappa shape index (κ1) is 17.3. The van der Waals surface area contributed by atoms with Crippen LogP contribution in [0, 0.1) is 5.92 Å². The van der Waals surface area contributed by atoms with E-state index in [1.54, 1.807) is 13.3 Å². The van der Waals surface area contributed by atoms with Crippen LogP contribution in [-0.2, 0) is 25.6 Å². The van der Waals surface area contributed by atoms with Crippen molar-refractivity contribution in [2.24, 2.45) is 5.92 Å². The van der Waals surface area contributed by atoms with Gasteiger partial charge in [0.1, 0.15) is 6.61 Å². The lowest BCUT2D eigenvalue weighted by molar-refractivity contribution is -0.165. The summed E-state index contributed by atoms with van der Waals surface area (Å²) < 4.78 is 17.1. The smallest absolute Gasteiger partial charge is 0.248 e. The molecular formula is C18H26N2O4. The largest absolute Gasteiger partial charge is 0.375 e. The van der Waals surface area contributed by atoms with Gasteiger partial charge >= 0.3 is 0 Å². The average Bonchev–Trinajstić information content (AvgIpc) is 2.98. The molecule has 1 spiro atoms. The minimum atomic E-state index is -0.258. The number of carbonyl (C=O) groups is 1. The maximum absolute atomic E-state index is 12.1. The first-order valence-corrected chi connectivity index (χ1v) is 8.62. The number of hydrogen-bond acceptors (Lipinski definition) is 5. The third kappa shape index (κ3) is 3.94. The van der Waals surface area contributed by atoms with Gasteiger partial charge in [-0.3, -0.25) is 9.78 Å². The molecule has 3 rings (SSSR count). The predicted molar refractivity (Wildman–Crippen MR) is 88.4 cm³/mol. The number of ether oxygens (including phenoxy) is 3. The lowest BCUT2D eigenvalue weighted by Gasteiger charge is -2.44. The molecule has 1 saturated heterocycles. The number of amides is 1. The number of nitrogens with zero attached hydrogens (tertiary/aromatic N) is 2. The van der Waals surface area contributed by atoms with Crippen molar-refractivity contribution in [1.29, 1.82) is 0 Å². The Morgan fingerprint density at radius 3 is 3.21 bits per heavy atom. The lowest BCUT2D eigenvalue weighted by Crippen LogP contribution is -2.56. The van der Waals surface area contributed by atoms with Crippen LogP contribution in [0.15, 0.2) is 24.4 Å². The molecule has 2 aliphatic rings. The Morgan fingerprint density at radius 2 is 2.42 bits per heavy atom. The molecule has 2 atom stereocenters. The van der Waals surface area contributed by atoms with Crippen molar-refractivity contribution in [1.82, 2.24) is 9.88 Å². The Balaban J connectivity index is 1.56. The number of aromatic nitrogens is 1. The number of methoxy groups -OCH3 is 1. The highest BCUT2D eigenvalue weighted by atomic mass is 16.5. The third-order valence-electron chi connectivity index (χ3n) is 5.02. The average molecular weight is 334 g/mol. The molecule has 1 aromatic heterocycles. The molecule has 1 saturated carbocycles. The van der Waals surface area contributed by atoms with Crippen LogP contribution in [0.1, 0.15) is 25.0 Å². The summed E-state index contributed by atoms with van der Waals surface area (Å²) in [6, 6.07) is 5.83. The highest BCUT2D eigenvalue weighted by molar-refractivity contribution is 5.77. The molecule has 0 N–H and O–H groups in total. The molecule has 2 fully saturated rings. The van der Waals surface area contributed by atoms with Crippen LogP contribution in [0.4, 0.5) is 0 Å². The molecule has 0 aromatic carbocycles. The number of rotatable bonds is 6. The molecule has 2 heterocycles. The van der Waals surface area contributed by atoms with Crippen molar-refractivity contribution in [2.45, 2.75) is 31.5 Å². The van der Waals surface area contributed by atoms with Gasteiger partial charge in [0.2, 0.25) is 5.91 Å². The van der Waals surface area contributed by atoms with E-state index < -0.39 is 0 Å². The van der Waals surface area contributed by atoms with Crippen LogP contribution >= 0.6 is 0 Å². The molecule has 1 aliphatic carbocycles. The zero-order chi connectivity index (χ0) is 16.8. The SMILES string of the molecule is COCC(=O)N1CCO[C@]2(CCC[C@H]2COCc2ccccn2)C1. The summed E-state index contributed by atoms with van der Waals surface area (Å²) in [7, 11) is 1.55. The Kier molecular flexibility index (Phi) is 5.81. The van der Waals surface area contributed by atoms with Crippen molar-refractivity contribution in [3.05, 3.63) is 30.1 Å². The Morgan fingerprint density at radius 1 is 1.50 bits per heavy atom. The Hall–Kier alpha value is -1.50. The molecular weight excluding hydrogens is 308 g/mol. The first-order valence-electron chi connectivity index (χ1n) is 8.62. The topological polar surface area (TPSA) is 60.9 Å². The second-order valence-electron chi connectivity index (χ2n) is 6.59. The highest BCUT2D eigenvalue weighted by Crippen LogP contribution is 2.41. The summed E-state index contributed by atoms with van der Waals surface area (Å²) in [6.07, 6.45) is 4.96. The van der Waals surface area contributed by atoms with Crippen molar-refractivity contribution < 1.29 is 19.0 Å². The van der Waals surface area contributed by atoms with Gasteiger partial charge in [0.15, 0.2) is 0 Å². The Labute approximate surface area is 143 Å². The van der Waals surface area contributed by atoms with Gasteiger partial charge in [-0.05, 0) is 25.0 Å². The van der Waals surface area contributed by atoms with Crippen LogP contribution in [0.25, 0.3) is 0 Å². The molecule has 132 valence electrons. The fraction of sp³-hybridized carbons (Fsp3) is 0.667. The summed E-state index contributed by atoms with van der Waals surface area (Å²) in [5, 5.41) is 0. The standard InChI is InChI=1S/C18H26N2O4/c1-22-13-17(21)20-9-10-24-18(14-20)7-4-5-15(18)11-23-12-16-6-2-3-8-19-16/h2-3,6,8,15H,4-5,7,9-14H2,1H3/t15-,18+/m0/s1. The Bertz CT molecular complexity index is 539. The van der Waals surface area contributed by atoms with Gasteiger partial charge in [0.05, 0.1) is 37.7 Å². The molecule has 1 amide bonds. The van der Waals surface area contributed by atoms with Crippen LogP contribution in [0.2, 0.25) is 0 Å². The summed E-state index contributed by atoms with van der Waals surface area (Å²) in [4.78, 5) is 18.3.